The molecule has 0 aromatic heterocycles. The standard InChI is InChI=1S/C12H16/c1-9-5-3-8-12-10(2)6-4-7-11(9)12/h3,5,8,11H,4,6-7H2,1-2H3. The minimum atomic E-state index is 0.753. The molecule has 0 N–H and O–H groups in total. The summed E-state index contributed by atoms with van der Waals surface area (Å²) < 4.78 is 0. The van der Waals surface area contributed by atoms with Crippen molar-refractivity contribution in [3.63, 3.8) is 0 Å². The van der Waals surface area contributed by atoms with E-state index >= 15 is 0 Å². The summed E-state index contributed by atoms with van der Waals surface area (Å²) in [5.74, 6) is 0.753. The quantitative estimate of drug-likeness (QED) is 0.507. The molecule has 0 aromatic carbocycles. The van der Waals surface area contributed by atoms with Gasteiger partial charge in [-0.3, -0.25) is 0 Å². The van der Waals surface area contributed by atoms with Crippen LogP contribution in [0.4, 0.5) is 0 Å². The van der Waals surface area contributed by atoms with Gasteiger partial charge in [0.05, 0.1) is 0 Å². The van der Waals surface area contributed by atoms with Crippen LogP contribution in [0.25, 0.3) is 0 Å². The minimum absolute atomic E-state index is 0.753. The highest BCUT2D eigenvalue weighted by Crippen LogP contribution is 2.37. The van der Waals surface area contributed by atoms with E-state index in [4.69, 9.17) is 0 Å². The van der Waals surface area contributed by atoms with Gasteiger partial charge in [0.25, 0.3) is 0 Å². The molecule has 2 rings (SSSR count). The van der Waals surface area contributed by atoms with E-state index in [1.165, 1.54) is 19.3 Å². The maximum absolute atomic E-state index is 2.30. The second kappa shape index (κ2) is 2.93. The molecule has 0 amide bonds. The van der Waals surface area contributed by atoms with Gasteiger partial charge in [-0.15, -0.1) is 0 Å². The second-order valence-corrected chi connectivity index (χ2v) is 3.95. The Bertz CT molecular complexity index is 276. The molecule has 1 unspecified atom stereocenters. The van der Waals surface area contributed by atoms with Crippen LogP contribution in [0, 0.1) is 5.92 Å². The number of allylic oxidation sites excluding steroid dienone is 6. The number of hydrogen-bond acceptors (Lipinski definition) is 0. The maximum atomic E-state index is 2.30. The molecular formula is C12H16. The molecule has 1 atom stereocenters. The molecule has 0 aromatic rings. The average Bonchev–Trinajstić information content (AvgIpc) is 2.07. The van der Waals surface area contributed by atoms with Gasteiger partial charge in [-0.25, -0.2) is 0 Å². The fourth-order valence-electron chi connectivity index (χ4n) is 2.32. The van der Waals surface area contributed by atoms with Gasteiger partial charge in [0.15, 0.2) is 0 Å². The van der Waals surface area contributed by atoms with Gasteiger partial charge in [-0.05, 0) is 38.7 Å². The van der Waals surface area contributed by atoms with Crippen molar-refractivity contribution in [2.75, 3.05) is 0 Å². The molecule has 2 aliphatic carbocycles. The first-order valence-corrected chi connectivity index (χ1v) is 4.83. The van der Waals surface area contributed by atoms with Gasteiger partial charge in [0.2, 0.25) is 0 Å². The van der Waals surface area contributed by atoms with Crippen molar-refractivity contribution in [1.29, 1.82) is 0 Å². The van der Waals surface area contributed by atoms with Crippen molar-refractivity contribution in [3.05, 3.63) is 34.9 Å². The van der Waals surface area contributed by atoms with Crippen LogP contribution < -0.4 is 0 Å². The molecule has 0 heterocycles. The lowest BCUT2D eigenvalue weighted by Crippen LogP contribution is -2.13. The first kappa shape index (κ1) is 7.85. The molecule has 0 nitrogen and oxygen atoms in total. The zero-order chi connectivity index (χ0) is 8.55. The summed E-state index contributed by atoms with van der Waals surface area (Å²) >= 11 is 0. The van der Waals surface area contributed by atoms with E-state index in [0.717, 1.165) is 5.92 Å². The van der Waals surface area contributed by atoms with Crippen molar-refractivity contribution in [1.82, 2.24) is 0 Å². The second-order valence-electron chi connectivity index (χ2n) is 3.95. The van der Waals surface area contributed by atoms with Gasteiger partial charge in [-0.1, -0.05) is 29.4 Å². The van der Waals surface area contributed by atoms with Crippen LogP contribution >= 0.6 is 0 Å². The van der Waals surface area contributed by atoms with Crippen LogP contribution in [0.15, 0.2) is 34.9 Å². The molecular weight excluding hydrogens is 144 g/mol. The highest BCUT2D eigenvalue weighted by molar-refractivity contribution is 5.41. The molecule has 0 saturated heterocycles. The topological polar surface area (TPSA) is 0 Å². The summed E-state index contributed by atoms with van der Waals surface area (Å²) in [4.78, 5) is 0. The van der Waals surface area contributed by atoms with Gasteiger partial charge in [0.1, 0.15) is 0 Å². The molecule has 0 fully saturated rings. The summed E-state index contributed by atoms with van der Waals surface area (Å²) in [5, 5.41) is 0. The predicted molar refractivity (Wildman–Crippen MR) is 52.9 cm³/mol. The Morgan fingerprint density at radius 3 is 2.92 bits per heavy atom. The number of fused-ring (bicyclic) bond motifs is 1. The molecule has 0 saturated carbocycles. The fourth-order valence-corrected chi connectivity index (χ4v) is 2.32. The fraction of sp³-hybridized carbons (Fsp3) is 0.500. The highest BCUT2D eigenvalue weighted by Gasteiger charge is 2.21. The van der Waals surface area contributed by atoms with E-state index in [2.05, 4.69) is 32.1 Å². The number of rotatable bonds is 0. The third-order valence-electron chi connectivity index (χ3n) is 3.10. The molecule has 2 aliphatic rings. The van der Waals surface area contributed by atoms with E-state index in [-0.39, 0.29) is 0 Å². The first-order chi connectivity index (χ1) is 5.79. The van der Waals surface area contributed by atoms with Crippen molar-refractivity contribution in [2.45, 2.75) is 33.1 Å². The van der Waals surface area contributed by atoms with Crippen LogP contribution in [-0.2, 0) is 0 Å². The maximum Gasteiger partial charge on any atom is 0.00480 e. The largest absolute Gasteiger partial charge is 0.0695 e. The first-order valence-electron chi connectivity index (χ1n) is 4.83. The lowest BCUT2D eigenvalue weighted by atomic mass is 9.77. The van der Waals surface area contributed by atoms with Gasteiger partial charge >= 0.3 is 0 Å². The van der Waals surface area contributed by atoms with E-state index in [1.54, 1.807) is 16.7 Å². The Labute approximate surface area is 74.7 Å². The summed E-state index contributed by atoms with van der Waals surface area (Å²) in [6.45, 7) is 4.54. The summed E-state index contributed by atoms with van der Waals surface area (Å²) in [5.41, 5.74) is 4.75. The van der Waals surface area contributed by atoms with E-state index in [1.807, 2.05) is 0 Å². The minimum Gasteiger partial charge on any atom is -0.0695 e. The zero-order valence-corrected chi connectivity index (χ0v) is 7.93. The van der Waals surface area contributed by atoms with Crippen LogP contribution in [0.1, 0.15) is 33.1 Å². The Kier molecular flexibility index (Phi) is 1.92. The van der Waals surface area contributed by atoms with Gasteiger partial charge < -0.3 is 0 Å². The highest BCUT2D eigenvalue weighted by atomic mass is 14.3. The lowest BCUT2D eigenvalue weighted by Gasteiger charge is -2.28. The van der Waals surface area contributed by atoms with E-state index in [9.17, 15) is 0 Å². The predicted octanol–water partition coefficient (Wildman–Crippen LogP) is 3.62. The van der Waals surface area contributed by atoms with E-state index in [0.29, 0.717) is 0 Å². The summed E-state index contributed by atoms with van der Waals surface area (Å²) in [6, 6.07) is 0. The molecule has 64 valence electrons. The molecule has 0 bridgehead atoms. The monoisotopic (exact) mass is 160 g/mol. The van der Waals surface area contributed by atoms with Gasteiger partial charge in [0, 0.05) is 5.92 Å². The molecule has 0 heteroatoms. The smallest absolute Gasteiger partial charge is 0.00480 e. The zero-order valence-electron chi connectivity index (χ0n) is 7.93. The van der Waals surface area contributed by atoms with Crippen molar-refractivity contribution < 1.29 is 0 Å². The Balaban J connectivity index is 2.40. The molecule has 12 heavy (non-hydrogen) atoms. The van der Waals surface area contributed by atoms with Crippen molar-refractivity contribution in [3.8, 4) is 0 Å². The van der Waals surface area contributed by atoms with E-state index < -0.39 is 0 Å². The van der Waals surface area contributed by atoms with Crippen LogP contribution in [0.2, 0.25) is 0 Å². The lowest BCUT2D eigenvalue weighted by molar-refractivity contribution is 0.563. The van der Waals surface area contributed by atoms with Crippen molar-refractivity contribution >= 4 is 0 Å². The van der Waals surface area contributed by atoms with Crippen LogP contribution in [-0.4, -0.2) is 0 Å². The Hall–Kier alpha value is -0.780. The van der Waals surface area contributed by atoms with Gasteiger partial charge in [-0.2, -0.15) is 0 Å². The SMILES string of the molecule is CC1=CC=CC2=C(C)CCCC12. The Morgan fingerprint density at radius 2 is 2.17 bits per heavy atom. The summed E-state index contributed by atoms with van der Waals surface area (Å²) in [7, 11) is 0. The van der Waals surface area contributed by atoms with Crippen LogP contribution in [0.3, 0.4) is 0 Å². The molecule has 0 aliphatic heterocycles. The molecule has 0 spiro atoms. The molecule has 0 radical (unpaired) electrons. The third-order valence-corrected chi connectivity index (χ3v) is 3.10. The average molecular weight is 160 g/mol. The third kappa shape index (κ3) is 1.16. The van der Waals surface area contributed by atoms with Crippen LogP contribution in [0.5, 0.6) is 0 Å². The van der Waals surface area contributed by atoms with Crippen molar-refractivity contribution in [2.24, 2.45) is 5.92 Å². The Morgan fingerprint density at radius 1 is 1.33 bits per heavy atom. The number of hydrogen-bond donors (Lipinski definition) is 0. The normalized spacial score (nSPS) is 28.5. The summed E-state index contributed by atoms with van der Waals surface area (Å²) in [6.07, 6.45) is 10.8.